The summed E-state index contributed by atoms with van der Waals surface area (Å²) in [4.78, 5) is 0. The largest absolute Gasteiger partial charge is 1.00 e. The van der Waals surface area contributed by atoms with Crippen LogP contribution in [-0.4, -0.2) is 18.5 Å². The molecular formula is C15H32F4Li+. The van der Waals surface area contributed by atoms with Gasteiger partial charge in [-0.05, 0) is 39.7 Å². The molecule has 5 heteroatoms. The number of halogens is 4. The van der Waals surface area contributed by atoms with E-state index in [4.69, 9.17) is 0 Å². The van der Waals surface area contributed by atoms with Gasteiger partial charge >= 0.3 is 18.9 Å². The summed E-state index contributed by atoms with van der Waals surface area (Å²) in [5.74, 6) is 0. The van der Waals surface area contributed by atoms with Crippen LogP contribution in [0.3, 0.4) is 0 Å². The van der Waals surface area contributed by atoms with Crippen LogP contribution in [-0.2, 0) is 0 Å². The number of hydrogen-bond donors (Lipinski definition) is 0. The summed E-state index contributed by atoms with van der Waals surface area (Å²) in [6.07, 6.45) is 2.40. The van der Waals surface area contributed by atoms with Gasteiger partial charge in [-0.2, -0.15) is 0 Å². The van der Waals surface area contributed by atoms with E-state index < -0.39 is 18.5 Å². The van der Waals surface area contributed by atoms with Crippen molar-refractivity contribution in [1.82, 2.24) is 0 Å². The van der Waals surface area contributed by atoms with Crippen molar-refractivity contribution < 1.29 is 36.7 Å². The van der Waals surface area contributed by atoms with Crippen LogP contribution in [0, 0.1) is 0 Å². The zero-order valence-corrected chi connectivity index (χ0v) is 12.2. The average Bonchev–Trinajstić information content (AvgIpc) is 2.16. The molecule has 0 aromatic rings. The topological polar surface area (TPSA) is 0 Å². The first-order valence-electron chi connectivity index (χ1n) is 5.58. The number of rotatable bonds is 4. The van der Waals surface area contributed by atoms with E-state index >= 15 is 0 Å². The molecular weight excluding hydrogens is 263 g/mol. The number of allylic oxidation sites excluding steroid dienone is 4. The molecule has 0 N–H and O–H groups in total. The third-order valence-electron chi connectivity index (χ3n) is 1.80. The molecule has 0 saturated carbocycles. The molecule has 0 heterocycles. The standard InChI is InChI=1S/C7H13F.C6H10F2.2CH4.FH.Li/c1-4-5-6(2)7(3)8;1-5(7)3-4-6(2)8;;;;/h5,7H,4H2,1-3H3;3-6H,1-2H3;2*1H4;1H;/q;;;;;+1. The molecule has 0 aliphatic carbocycles. The molecule has 3 unspecified atom stereocenters. The van der Waals surface area contributed by atoms with Crippen LogP contribution in [0.1, 0.15) is 55.9 Å². The van der Waals surface area contributed by atoms with Crippen molar-refractivity contribution >= 4 is 0 Å². The van der Waals surface area contributed by atoms with Crippen LogP contribution in [0.4, 0.5) is 17.9 Å². The smallest absolute Gasteiger partial charge is 0.269 e. The first kappa shape index (κ1) is 36.7. The predicted molar refractivity (Wildman–Crippen MR) is 80.9 cm³/mol. The maximum atomic E-state index is 12.2. The van der Waals surface area contributed by atoms with Crippen LogP contribution >= 0.6 is 0 Å². The van der Waals surface area contributed by atoms with Crippen molar-refractivity contribution in [2.24, 2.45) is 0 Å². The number of hydrogen-bond acceptors (Lipinski definition) is 0. The minimum absolute atomic E-state index is 0. The summed E-state index contributed by atoms with van der Waals surface area (Å²) < 4.78 is 35.8. The first-order valence-corrected chi connectivity index (χ1v) is 5.58. The Morgan fingerprint density at radius 2 is 1.25 bits per heavy atom. The molecule has 3 atom stereocenters. The van der Waals surface area contributed by atoms with Gasteiger partial charge in [0, 0.05) is 0 Å². The van der Waals surface area contributed by atoms with E-state index in [0.29, 0.717) is 0 Å². The third kappa shape index (κ3) is 36.1. The van der Waals surface area contributed by atoms with Gasteiger partial charge in [0.2, 0.25) is 0 Å². The maximum Gasteiger partial charge on any atom is 1.00 e. The zero-order valence-electron chi connectivity index (χ0n) is 12.2. The van der Waals surface area contributed by atoms with Crippen molar-refractivity contribution in [2.45, 2.75) is 74.4 Å². The zero-order chi connectivity index (χ0) is 13.1. The summed E-state index contributed by atoms with van der Waals surface area (Å²) >= 11 is 0. The monoisotopic (exact) mass is 295 g/mol. The van der Waals surface area contributed by atoms with E-state index in [-0.39, 0.29) is 38.4 Å². The molecule has 20 heavy (non-hydrogen) atoms. The molecule has 0 radical (unpaired) electrons. The fourth-order valence-corrected chi connectivity index (χ4v) is 0.791. The molecule has 0 nitrogen and oxygen atoms in total. The molecule has 0 aliphatic rings. The molecule has 0 aliphatic heterocycles. The van der Waals surface area contributed by atoms with Gasteiger partial charge in [-0.15, -0.1) is 0 Å². The maximum absolute atomic E-state index is 12.2. The van der Waals surface area contributed by atoms with E-state index in [1.54, 1.807) is 6.92 Å². The summed E-state index contributed by atoms with van der Waals surface area (Å²) in [6, 6.07) is 0. The fourth-order valence-electron chi connectivity index (χ4n) is 0.791. The van der Waals surface area contributed by atoms with E-state index in [1.165, 1.54) is 26.0 Å². The van der Waals surface area contributed by atoms with Gasteiger partial charge in [0.05, 0.1) is 0 Å². The summed E-state index contributed by atoms with van der Waals surface area (Å²) in [5, 5.41) is 0. The van der Waals surface area contributed by atoms with E-state index in [1.807, 2.05) is 19.9 Å². The summed E-state index contributed by atoms with van der Waals surface area (Å²) in [6.45, 7) is 8.10. The van der Waals surface area contributed by atoms with Crippen LogP contribution < -0.4 is 18.9 Å². The molecule has 0 aromatic carbocycles. The number of alkyl halides is 3. The van der Waals surface area contributed by atoms with Gasteiger partial charge in [-0.3, -0.25) is 4.70 Å². The molecule has 0 fully saturated rings. The Labute approximate surface area is 135 Å². The Morgan fingerprint density at radius 1 is 0.950 bits per heavy atom. The molecule has 0 aromatic heterocycles. The van der Waals surface area contributed by atoms with Crippen LogP contribution in [0.2, 0.25) is 0 Å². The Balaban J connectivity index is -0.0000000408. The summed E-state index contributed by atoms with van der Waals surface area (Å²) in [5.41, 5.74) is 0.840. The van der Waals surface area contributed by atoms with Crippen molar-refractivity contribution in [2.75, 3.05) is 0 Å². The van der Waals surface area contributed by atoms with E-state index in [0.717, 1.165) is 12.0 Å². The molecule has 120 valence electrons. The van der Waals surface area contributed by atoms with Crippen molar-refractivity contribution in [3.63, 3.8) is 0 Å². The normalized spacial score (nSPS) is 14.1. The average molecular weight is 295 g/mol. The SMILES string of the molecule is C.C.CC(F)C=CC(C)F.CCC=C(C)C(C)F.F.[Li+]. The second-order valence-electron chi connectivity index (χ2n) is 3.71. The van der Waals surface area contributed by atoms with Crippen LogP contribution in [0.15, 0.2) is 23.8 Å². The van der Waals surface area contributed by atoms with Crippen molar-refractivity contribution in [3.8, 4) is 0 Å². The Kier molecular flexibility index (Phi) is 43.8. The minimum atomic E-state index is -1.03. The third-order valence-corrected chi connectivity index (χ3v) is 1.80. The fraction of sp³-hybridized carbons (Fsp3) is 0.733. The van der Waals surface area contributed by atoms with Gasteiger partial charge in [0.25, 0.3) is 0 Å². The van der Waals surface area contributed by atoms with Crippen molar-refractivity contribution in [1.29, 1.82) is 0 Å². The van der Waals surface area contributed by atoms with E-state index in [9.17, 15) is 13.2 Å². The van der Waals surface area contributed by atoms with Gasteiger partial charge in [-0.25, -0.2) is 13.2 Å². The summed E-state index contributed by atoms with van der Waals surface area (Å²) in [7, 11) is 0. The van der Waals surface area contributed by atoms with E-state index in [2.05, 4.69) is 0 Å². The van der Waals surface area contributed by atoms with Gasteiger partial charge in [0.1, 0.15) is 18.5 Å². The Hall–Kier alpha value is -0.203. The Bertz CT molecular complexity index is 202. The molecule has 0 saturated heterocycles. The van der Waals surface area contributed by atoms with Gasteiger partial charge < -0.3 is 0 Å². The molecule has 0 bridgehead atoms. The van der Waals surface area contributed by atoms with Gasteiger partial charge in [0.15, 0.2) is 0 Å². The second-order valence-corrected chi connectivity index (χ2v) is 3.71. The molecule has 0 spiro atoms. The minimum Gasteiger partial charge on any atom is -0.269 e. The Morgan fingerprint density at radius 3 is 1.35 bits per heavy atom. The quantitative estimate of drug-likeness (QED) is 0.424. The molecule has 0 rings (SSSR count). The molecule has 0 amide bonds. The van der Waals surface area contributed by atoms with Gasteiger partial charge in [-0.1, -0.05) is 40.0 Å². The van der Waals surface area contributed by atoms with Crippen LogP contribution in [0.5, 0.6) is 0 Å². The van der Waals surface area contributed by atoms with Crippen LogP contribution in [0.25, 0.3) is 0 Å². The van der Waals surface area contributed by atoms with Crippen molar-refractivity contribution in [3.05, 3.63) is 23.8 Å². The predicted octanol–water partition coefficient (Wildman–Crippen LogP) is 3.39. The second kappa shape index (κ2) is 23.9. The first-order chi connectivity index (χ1) is 7.31.